The summed E-state index contributed by atoms with van der Waals surface area (Å²) in [4.78, 5) is 0. The van der Waals surface area contributed by atoms with Gasteiger partial charge in [0.15, 0.2) is 0 Å². The molecule has 0 unspecified atom stereocenters. The molecule has 1 heterocycles. The number of rotatable bonds is 4. The normalized spacial score (nSPS) is 11.7. The van der Waals surface area contributed by atoms with Gasteiger partial charge in [0.2, 0.25) is 5.88 Å². The van der Waals surface area contributed by atoms with Crippen LogP contribution in [0.2, 0.25) is 5.02 Å². The second-order valence-electron chi connectivity index (χ2n) is 5.95. The van der Waals surface area contributed by atoms with Gasteiger partial charge in [-0.3, -0.25) is 0 Å². The molecule has 0 saturated heterocycles. The zero-order valence-electron chi connectivity index (χ0n) is 12.9. The Morgan fingerprint density at radius 2 is 1.86 bits per heavy atom. The molecule has 21 heavy (non-hydrogen) atoms. The zero-order valence-corrected chi connectivity index (χ0v) is 13.6. The zero-order chi connectivity index (χ0) is 15.6. The highest BCUT2D eigenvalue weighted by Crippen LogP contribution is 2.33. The van der Waals surface area contributed by atoms with E-state index in [1.165, 1.54) is 0 Å². The van der Waals surface area contributed by atoms with Gasteiger partial charge in [-0.05, 0) is 24.3 Å². The molecule has 1 N–H and O–H groups in total. The highest BCUT2D eigenvalue weighted by atomic mass is 35.5. The van der Waals surface area contributed by atoms with E-state index in [4.69, 9.17) is 21.4 Å². The molecule has 0 aliphatic carbocycles. The fourth-order valence-electron chi connectivity index (χ4n) is 2.34. The fraction of sp³-hybridized carbons (Fsp3) is 0.438. The molecule has 0 saturated carbocycles. The van der Waals surface area contributed by atoms with Crippen LogP contribution in [0, 0.1) is 0 Å². The van der Waals surface area contributed by atoms with Gasteiger partial charge < -0.3 is 9.84 Å². The Kier molecular flexibility index (Phi) is 4.59. The van der Waals surface area contributed by atoms with Crippen LogP contribution in [0.4, 0.5) is 0 Å². The van der Waals surface area contributed by atoms with Gasteiger partial charge in [-0.1, -0.05) is 32.4 Å². The minimum absolute atomic E-state index is 0.0613. The quantitative estimate of drug-likeness (QED) is 0.942. The summed E-state index contributed by atoms with van der Waals surface area (Å²) in [6.45, 7) is 6.36. The van der Waals surface area contributed by atoms with E-state index in [2.05, 4.69) is 20.8 Å². The number of aliphatic hydroxyl groups excluding tert-OH is 1. The molecule has 0 amide bonds. The van der Waals surface area contributed by atoms with Gasteiger partial charge in [0, 0.05) is 29.0 Å². The first kappa shape index (κ1) is 15.9. The van der Waals surface area contributed by atoms with Crippen LogP contribution in [-0.4, -0.2) is 28.6 Å². The van der Waals surface area contributed by atoms with Crippen LogP contribution < -0.4 is 4.74 Å². The number of hydrogen-bond acceptors (Lipinski definition) is 3. The Morgan fingerprint density at radius 3 is 2.33 bits per heavy atom. The van der Waals surface area contributed by atoms with E-state index in [1.807, 2.05) is 24.3 Å². The molecule has 0 fully saturated rings. The number of ether oxygens (including phenoxy) is 1. The summed E-state index contributed by atoms with van der Waals surface area (Å²) in [5.41, 5.74) is 2.63. The number of halogens is 1. The molecule has 2 rings (SSSR count). The molecule has 0 atom stereocenters. The average Bonchev–Trinajstić information content (AvgIpc) is 2.78. The lowest BCUT2D eigenvalue weighted by atomic mass is 9.88. The lowest BCUT2D eigenvalue weighted by Gasteiger charge is -2.17. The van der Waals surface area contributed by atoms with E-state index in [-0.39, 0.29) is 12.0 Å². The third-order valence-corrected chi connectivity index (χ3v) is 3.53. The number of aliphatic hydroxyl groups is 1. The van der Waals surface area contributed by atoms with Gasteiger partial charge in [0.1, 0.15) is 0 Å². The lowest BCUT2D eigenvalue weighted by molar-refractivity contribution is 0.295. The Morgan fingerprint density at radius 1 is 1.24 bits per heavy atom. The van der Waals surface area contributed by atoms with Crippen molar-refractivity contribution in [1.82, 2.24) is 9.78 Å². The van der Waals surface area contributed by atoms with Crippen molar-refractivity contribution in [2.75, 3.05) is 13.7 Å². The molecule has 1 aromatic carbocycles. The van der Waals surface area contributed by atoms with Crippen molar-refractivity contribution in [2.24, 2.45) is 0 Å². The largest absolute Gasteiger partial charge is 0.481 e. The fourth-order valence-corrected chi connectivity index (χ4v) is 2.47. The van der Waals surface area contributed by atoms with Crippen molar-refractivity contribution in [1.29, 1.82) is 0 Å². The van der Waals surface area contributed by atoms with E-state index in [9.17, 15) is 5.11 Å². The Balaban J connectivity index is 2.63. The van der Waals surface area contributed by atoms with E-state index in [0.29, 0.717) is 17.3 Å². The minimum Gasteiger partial charge on any atom is -0.481 e. The summed E-state index contributed by atoms with van der Waals surface area (Å²) in [5.74, 6) is 0.663. The topological polar surface area (TPSA) is 47.3 Å². The molecule has 4 nitrogen and oxygen atoms in total. The average molecular weight is 309 g/mol. The van der Waals surface area contributed by atoms with Gasteiger partial charge in [-0.2, -0.15) is 5.10 Å². The molecule has 0 bridgehead atoms. The molecular formula is C16H21ClN2O2. The van der Waals surface area contributed by atoms with Crippen LogP contribution in [0.3, 0.4) is 0 Å². The summed E-state index contributed by atoms with van der Waals surface area (Å²) in [5, 5.41) is 14.7. The van der Waals surface area contributed by atoms with Gasteiger partial charge in [-0.15, -0.1) is 0 Å². The predicted molar refractivity (Wildman–Crippen MR) is 84.6 cm³/mol. The maximum absolute atomic E-state index is 9.34. The first-order chi connectivity index (χ1) is 9.88. The summed E-state index contributed by atoms with van der Waals surface area (Å²) >= 11 is 5.94. The van der Waals surface area contributed by atoms with Crippen molar-refractivity contribution < 1.29 is 9.84 Å². The summed E-state index contributed by atoms with van der Waals surface area (Å²) in [6.07, 6.45) is 0.517. The first-order valence-corrected chi connectivity index (χ1v) is 7.29. The van der Waals surface area contributed by atoms with Crippen LogP contribution in [0.1, 0.15) is 32.0 Å². The molecule has 0 aliphatic rings. The molecule has 5 heteroatoms. The minimum atomic E-state index is -0.130. The molecule has 114 valence electrons. The van der Waals surface area contributed by atoms with Gasteiger partial charge in [-0.25, -0.2) is 4.68 Å². The number of hydrogen-bond donors (Lipinski definition) is 1. The van der Waals surface area contributed by atoms with Crippen LogP contribution in [-0.2, 0) is 11.8 Å². The summed E-state index contributed by atoms with van der Waals surface area (Å²) in [7, 11) is 1.62. The maximum atomic E-state index is 9.34. The van der Waals surface area contributed by atoms with E-state index >= 15 is 0 Å². The van der Waals surface area contributed by atoms with Crippen LogP contribution in [0.25, 0.3) is 5.69 Å². The van der Waals surface area contributed by atoms with E-state index in [0.717, 1.165) is 16.9 Å². The third kappa shape index (κ3) is 3.22. The number of aromatic nitrogens is 2. The highest BCUT2D eigenvalue weighted by Gasteiger charge is 2.27. The number of methoxy groups -OCH3 is 1. The van der Waals surface area contributed by atoms with Gasteiger partial charge in [0.05, 0.1) is 18.5 Å². The van der Waals surface area contributed by atoms with Crippen LogP contribution in [0.15, 0.2) is 24.3 Å². The van der Waals surface area contributed by atoms with Gasteiger partial charge in [0.25, 0.3) is 0 Å². The van der Waals surface area contributed by atoms with Gasteiger partial charge >= 0.3 is 0 Å². The van der Waals surface area contributed by atoms with Crippen LogP contribution in [0.5, 0.6) is 5.88 Å². The van der Waals surface area contributed by atoms with E-state index < -0.39 is 0 Å². The molecule has 2 aromatic rings. The highest BCUT2D eigenvalue weighted by molar-refractivity contribution is 6.30. The second kappa shape index (κ2) is 6.08. The second-order valence-corrected chi connectivity index (χ2v) is 6.38. The van der Waals surface area contributed by atoms with Crippen molar-refractivity contribution in [2.45, 2.75) is 32.6 Å². The van der Waals surface area contributed by atoms with E-state index in [1.54, 1.807) is 11.8 Å². The number of nitrogens with zero attached hydrogens (tertiary/aromatic N) is 2. The monoisotopic (exact) mass is 308 g/mol. The Hall–Kier alpha value is -1.52. The standard InChI is InChI=1S/C16H21ClN2O2/c1-16(2,3)14-13(9-10-20)15(21-4)19(18-14)12-7-5-11(17)6-8-12/h5-8,20H,9-10H2,1-4H3. The van der Waals surface area contributed by atoms with Crippen LogP contribution >= 0.6 is 11.6 Å². The smallest absolute Gasteiger partial charge is 0.220 e. The Labute approximate surface area is 130 Å². The van der Waals surface area contributed by atoms with Crippen molar-refractivity contribution in [3.8, 4) is 11.6 Å². The molecule has 0 spiro atoms. The molecular weight excluding hydrogens is 288 g/mol. The van der Waals surface area contributed by atoms with Crippen molar-refractivity contribution >= 4 is 11.6 Å². The summed E-state index contributed by atoms with van der Waals surface area (Å²) < 4.78 is 7.31. The number of benzene rings is 1. The van der Waals surface area contributed by atoms with Crippen molar-refractivity contribution in [3.05, 3.63) is 40.5 Å². The molecule has 0 aliphatic heterocycles. The molecule has 1 aromatic heterocycles. The predicted octanol–water partition coefficient (Wildman–Crippen LogP) is 3.37. The summed E-state index contributed by atoms with van der Waals surface area (Å²) in [6, 6.07) is 7.43. The molecule has 0 radical (unpaired) electrons. The first-order valence-electron chi connectivity index (χ1n) is 6.91. The Bertz CT molecular complexity index is 612. The van der Waals surface area contributed by atoms with Crippen molar-refractivity contribution in [3.63, 3.8) is 0 Å². The lowest BCUT2D eigenvalue weighted by Crippen LogP contribution is -2.15. The SMILES string of the molecule is COc1c(CCO)c(C(C)(C)C)nn1-c1ccc(Cl)cc1. The third-order valence-electron chi connectivity index (χ3n) is 3.27. The maximum Gasteiger partial charge on any atom is 0.220 e.